The molecule has 6 nitrogen and oxygen atoms in total. The van der Waals surface area contributed by atoms with Gasteiger partial charge in [-0.15, -0.1) is 0 Å². The van der Waals surface area contributed by atoms with Gasteiger partial charge in [-0.2, -0.15) is 13.2 Å². The molecule has 3 N–H and O–H groups in total. The summed E-state index contributed by atoms with van der Waals surface area (Å²) >= 11 is 0. The number of nitrogens with one attached hydrogen (secondary N) is 2. The summed E-state index contributed by atoms with van der Waals surface area (Å²) in [6, 6.07) is 7.41. The Balaban J connectivity index is 2.15. The van der Waals surface area contributed by atoms with Crippen molar-refractivity contribution in [3.8, 4) is 0 Å². The van der Waals surface area contributed by atoms with Gasteiger partial charge >= 0.3 is 12.2 Å². The quantitative estimate of drug-likeness (QED) is 0.727. The van der Waals surface area contributed by atoms with Crippen LogP contribution in [0.4, 0.5) is 18.0 Å². The standard InChI is InChI=1S/C17H14F3N3O3/c18-17(19,20)16(26)12(14(24)11-4-2-1-3-5-11)13(22-15(25)23-16)10-6-8-21-9-7-10/h1-9,12-13,26H,(H2,22,23,25)/t12-,13-,16+/m1/s1. The summed E-state index contributed by atoms with van der Waals surface area (Å²) in [5.74, 6) is -3.00. The van der Waals surface area contributed by atoms with Crippen molar-refractivity contribution in [3.05, 3.63) is 66.0 Å². The van der Waals surface area contributed by atoms with Gasteiger partial charge in [-0.1, -0.05) is 30.3 Å². The number of carbonyl (C=O) groups is 2. The molecule has 3 atom stereocenters. The van der Waals surface area contributed by atoms with Crippen LogP contribution in [-0.2, 0) is 0 Å². The number of carbonyl (C=O) groups excluding carboxylic acids is 2. The number of amides is 2. The number of benzene rings is 1. The van der Waals surface area contributed by atoms with E-state index >= 15 is 0 Å². The van der Waals surface area contributed by atoms with E-state index in [9.17, 15) is 27.9 Å². The molecule has 0 unspecified atom stereocenters. The van der Waals surface area contributed by atoms with Crippen molar-refractivity contribution < 1.29 is 27.9 Å². The number of hydrogen-bond acceptors (Lipinski definition) is 4. The molecule has 1 aliphatic heterocycles. The van der Waals surface area contributed by atoms with Gasteiger partial charge in [0.15, 0.2) is 5.78 Å². The number of pyridine rings is 1. The van der Waals surface area contributed by atoms with Crippen molar-refractivity contribution in [2.24, 2.45) is 5.92 Å². The molecule has 1 fully saturated rings. The molecule has 136 valence electrons. The maximum atomic E-state index is 13.7. The van der Waals surface area contributed by atoms with Crippen LogP contribution in [0.3, 0.4) is 0 Å². The molecule has 2 aromatic rings. The van der Waals surface area contributed by atoms with Crippen LogP contribution in [0, 0.1) is 5.92 Å². The van der Waals surface area contributed by atoms with Gasteiger partial charge < -0.3 is 15.7 Å². The molecule has 0 radical (unpaired) electrons. The Kier molecular flexibility index (Phi) is 4.41. The lowest BCUT2D eigenvalue weighted by atomic mass is 9.77. The molecule has 0 spiro atoms. The SMILES string of the molecule is O=C1N[C@H](c2ccncc2)[C@H](C(=O)c2ccccc2)[C@](O)(C(F)(F)F)N1. The van der Waals surface area contributed by atoms with Gasteiger partial charge in [0.05, 0.1) is 6.04 Å². The second-order valence-corrected chi connectivity index (χ2v) is 5.83. The fourth-order valence-corrected chi connectivity index (χ4v) is 2.97. The zero-order valence-corrected chi connectivity index (χ0v) is 13.2. The predicted molar refractivity (Wildman–Crippen MR) is 83.9 cm³/mol. The molecular formula is C17H14F3N3O3. The third-order valence-electron chi connectivity index (χ3n) is 4.21. The molecule has 1 aromatic carbocycles. The van der Waals surface area contributed by atoms with E-state index in [2.05, 4.69) is 10.3 Å². The molecule has 1 aromatic heterocycles. The summed E-state index contributed by atoms with van der Waals surface area (Å²) in [7, 11) is 0. The van der Waals surface area contributed by atoms with Gasteiger partial charge in [0, 0.05) is 18.0 Å². The third kappa shape index (κ3) is 3.01. The maximum Gasteiger partial charge on any atom is 0.437 e. The summed E-state index contributed by atoms with van der Waals surface area (Å²) in [6.07, 6.45) is -2.63. The summed E-state index contributed by atoms with van der Waals surface area (Å²) in [6.45, 7) is 0. The summed E-state index contributed by atoms with van der Waals surface area (Å²) in [4.78, 5) is 28.5. The lowest BCUT2D eigenvalue weighted by molar-refractivity contribution is -0.287. The molecule has 3 rings (SSSR count). The summed E-state index contributed by atoms with van der Waals surface area (Å²) in [5.41, 5.74) is -3.53. The highest BCUT2D eigenvalue weighted by Crippen LogP contribution is 2.43. The van der Waals surface area contributed by atoms with Crippen molar-refractivity contribution in [1.29, 1.82) is 0 Å². The van der Waals surface area contributed by atoms with E-state index < -0.39 is 35.7 Å². The highest BCUT2D eigenvalue weighted by Gasteiger charge is 2.66. The number of Topliss-reactive ketones (excluding diaryl/α,β-unsaturated/α-hetero) is 1. The van der Waals surface area contributed by atoms with E-state index in [1.165, 1.54) is 54.1 Å². The maximum absolute atomic E-state index is 13.7. The Morgan fingerprint density at radius 3 is 2.31 bits per heavy atom. The zero-order valence-electron chi connectivity index (χ0n) is 13.2. The minimum Gasteiger partial charge on any atom is -0.363 e. The molecule has 0 aliphatic carbocycles. The highest BCUT2D eigenvalue weighted by molar-refractivity contribution is 6.00. The minimum atomic E-state index is -5.27. The Morgan fingerprint density at radius 2 is 1.73 bits per heavy atom. The Bertz CT molecular complexity index is 814. The number of rotatable bonds is 3. The van der Waals surface area contributed by atoms with Crippen molar-refractivity contribution in [2.45, 2.75) is 17.9 Å². The van der Waals surface area contributed by atoms with Crippen molar-refractivity contribution in [2.75, 3.05) is 0 Å². The molecule has 2 heterocycles. The molecular weight excluding hydrogens is 351 g/mol. The van der Waals surface area contributed by atoms with Crippen molar-refractivity contribution >= 4 is 11.8 Å². The normalized spacial score (nSPS) is 25.9. The molecule has 1 aliphatic rings. The van der Waals surface area contributed by atoms with Crippen LogP contribution in [0.5, 0.6) is 0 Å². The topological polar surface area (TPSA) is 91.3 Å². The molecule has 2 amide bonds. The van der Waals surface area contributed by atoms with Crippen molar-refractivity contribution in [3.63, 3.8) is 0 Å². The molecule has 0 saturated carbocycles. The van der Waals surface area contributed by atoms with Crippen LogP contribution in [-0.4, -0.2) is 33.8 Å². The third-order valence-corrected chi connectivity index (χ3v) is 4.21. The first-order chi connectivity index (χ1) is 12.2. The van der Waals surface area contributed by atoms with E-state index in [4.69, 9.17) is 0 Å². The largest absolute Gasteiger partial charge is 0.437 e. The smallest absolute Gasteiger partial charge is 0.363 e. The van der Waals surface area contributed by atoms with Gasteiger partial charge in [-0.3, -0.25) is 9.78 Å². The van der Waals surface area contributed by atoms with Crippen LogP contribution in [0.25, 0.3) is 0 Å². The average molecular weight is 365 g/mol. The van der Waals surface area contributed by atoms with Gasteiger partial charge in [0.25, 0.3) is 0 Å². The number of urea groups is 1. The van der Waals surface area contributed by atoms with Crippen LogP contribution in [0.15, 0.2) is 54.9 Å². The first-order valence-electron chi connectivity index (χ1n) is 7.61. The van der Waals surface area contributed by atoms with Gasteiger partial charge in [0.1, 0.15) is 5.92 Å². The summed E-state index contributed by atoms with van der Waals surface area (Å²) in [5, 5.41) is 14.1. The monoisotopic (exact) mass is 365 g/mol. The Hall–Kier alpha value is -2.94. The number of aliphatic hydroxyl groups is 1. The lowest BCUT2D eigenvalue weighted by Gasteiger charge is -2.45. The van der Waals surface area contributed by atoms with Gasteiger partial charge in [-0.25, -0.2) is 4.79 Å². The van der Waals surface area contributed by atoms with E-state index in [-0.39, 0.29) is 11.1 Å². The first-order valence-corrected chi connectivity index (χ1v) is 7.61. The number of alkyl halides is 3. The molecule has 0 bridgehead atoms. The second-order valence-electron chi connectivity index (χ2n) is 5.83. The first kappa shape index (κ1) is 17.9. The Morgan fingerprint density at radius 1 is 1.12 bits per heavy atom. The Labute approximate surface area is 146 Å². The fraction of sp³-hybridized carbons (Fsp3) is 0.235. The van der Waals surface area contributed by atoms with Crippen LogP contribution in [0.1, 0.15) is 22.0 Å². The molecule has 1 saturated heterocycles. The van der Waals surface area contributed by atoms with E-state index in [0.717, 1.165) is 0 Å². The number of hydrogen-bond donors (Lipinski definition) is 3. The highest BCUT2D eigenvalue weighted by atomic mass is 19.4. The number of halogens is 3. The molecule has 26 heavy (non-hydrogen) atoms. The predicted octanol–water partition coefficient (Wildman–Crippen LogP) is 2.19. The lowest BCUT2D eigenvalue weighted by Crippen LogP contribution is -2.72. The number of ketones is 1. The van der Waals surface area contributed by atoms with E-state index in [1.54, 1.807) is 6.07 Å². The van der Waals surface area contributed by atoms with Crippen LogP contribution in [0.2, 0.25) is 0 Å². The number of nitrogens with zero attached hydrogens (tertiary/aromatic N) is 1. The minimum absolute atomic E-state index is 0.0165. The van der Waals surface area contributed by atoms with Crippen LogP contribution >= 0.6 is 0 Å². The van der Waals surface area contributed by atoms with Gasteiger partial charge in [0.2, 0.25) is 5.72 Å². The van der Waals surface area contributed by atoms with Gasteiger partial charge in [-0.05, 0) is 17.7 Å². The van der Waals surface area contributed by atoms with Crippen LogP contribution < -0.4 is 10.6 Å². The van der Waals surface area contributed by atoms with E-state index in [0.29, 0.717) is 0 Å². The fourth-order valence-electron chi connectivity index (χ4n) is 2.97. The van der Waals surface area contributed by atoms with E-state index in [1.807, 2.05) is 0 Å². The summed E-state index contributed by atoms with van der Waals surface area (Å²) < 4.78 is 41.0. The molecule has 9 heteroatoms. The zero-order chi connectivity index (χ0) is 18.9. The number of aromatic nitrogens is 1. The van der Waals surface area contributed by atoms with Crippen molar-refractivity contribution in [1.82, 2.24) is 15.6 Å². The average Bonchev–Trinajstić information content (AvgIpc) is 2.61. The second kappa shape index (κ2) is 6.41.